The number of fused-ring (bicyclic) bond motifs is 1. The first kappa shape index (κ1) is 13.3. The molecule has 1 aliphatic carbocycles. The van der Waals surface area contributed by atoms with Gasteiger partial charge in [-0.15, -0.1) is 0 Å². The number of nitrogens with zero attached hydrogens (tertiary/aromatic N) is 1. The van der Waals surface area contributed by atoms with Gasteiger partial charge in [0.25, 0.3) is 5.91 Å². The lowest BCUT2D eigenvalue weighted by Crippen LogP contribution is -2.43. The molecule has 0 saturated heterocycles. The number of rotatable bonds is 2. The number of methoxy groups -OCH3 is 1. The molecule has 108 valence electrons. The van der Waals surface area contributed by atoms with Crippen molar-refractivity contribution in [3.63, 3.8) is 0 Å². The summed E-state index contributed by atoms with van der Waals surface area (Å²) < 4.78 is 11.2. The van der Waals surface area contributed by atoms with Crippen molar-refractivity contribution in [1.29, 1.82) is 0 Å². The molecule has 20 heavy (non-hydrogen) atoms. The van der Waals surface area contributed by atoms with Crippen molar-refractivity contribution in [2.75, 3.05) is 7.11 Å². The first-order valence-electron chi connectivity index (χ1n) is 7.33. The van der Waals surface area contributed by atoms with E-state index in [1.165, 1.54) is 12.8 Å². The van der Waals surface area contributed by atoms with E-state index >= 15 is 0 Å². The molecule has 1 fully saturated rings. The van der Waals surface area contributed by atoms with E-state index in [1.54, 1.807) is 7.11 Å². The summed E-state index contributed by atoms with van der Waals surface area (Å²) >= 11 is 0. The molecule has 0 spiro atoms. The van der Waals surface area contributed by atoms with Crippen molar-refractivity contribution in [1.82, 2.24) is 4.90 Å². The Morgan fingerprint density at radius 1 is 1.30 bits per heavy atom. The highest BCUT2D eigenvalue weighted by Gasteiger charge is 2.34. The summed E-state index contributed by atoms with van der Waals surface area (Å²) in [6.07, 6.45) is 4.20. The maximum atomic E-state index is 12.6. The van der Waals surface area contributed by atoms with Crippen molar-refractivity contribution in [2.45, 2.75) is 51.3 Å². The van der Waals surface area contributed by atoms with Crippen molar-refractivity contribution in [2.24, 2.45) is 0 Å². The van der Waals surface area contributed by atoms with Crippen LogP contribution in [0.25, 0.3) is 0 Å². The monoisotopic (exact) mass is 275 g/mol. The fourth-order valence-electron chi connectivity index (χ4n) is 3.23. The fourth-order valence-corrected chi connectivity index (χ4v) is 3.23. The molecular weight excluding hydrogens is 254 g/mol. The summed E-state index contributed by atoms with van der Waals surface area (Å²) in [7, 11) is 1.63. The normalized spacial score (nSPS) is 23.2. The molecule has 1 atom stereocenters. The van der Waals surface area contributed by atoms with Gasteiger partial charge in [-0.1, -0.05) is 25.0 Å². The number of hydrogen-bond acceptors (Lipinski definition) is 3. The quantitative estimate of drug-likeness (QED) is 0.833. The summed E-state index contributed by atoms with van der Waals surface area (Å²) in [5, 5.41) is 0. The van der Waals surface area contributed by atoms with Crippen LogP contribution in [0.15, 0.2) is 18.2 Å². The third kappa shape index (κ3) is 2.23. The molecule has 1 aromatic carbocycles. The number of hydrogen-bond donors (Lipinski definition) is 0. The second-order valence-electron chi connectivity index (χ2n) is 5.61. The number of ether oxygens (including phenoxy) is 2. The Morgan fingerprint density at radius 3 is 2.75 bits per heavy atom. The summed E-state index contributed by atoms with van der Waals surface area (Å²) in [5.41, 5.74) is 1.04. The number of carbonyl (C=O) groups is 1. The van der Waals surface area contributed by atoms with Gasteiger partial charge in [-0.25, -0.2) is 0 Å². The molecule has 1 aliphatic heterocycles. The van der Waals surface area contributed by atoms with Gasteiger partial charge in [0.15, 0.2) is 17.6 Å². The molecule has 1 saturated carbocycles. The van der Waals surface area contributed by atoms with E-state index in [0.29, 0.717) is 18.3 Å². The number of carbonyl (C=O) groups excluding carboxylic acids is 1. The molecule has 1 aromatic rings. The van der Waals surface area contributed by atoms with Gasteiger partial charge in [-0.3, -0.25) is 4.79 Å². The van der Waals surface area contributed by atoms with Crippen molar-refractivity contribution < 1.29 is 14.3 Å². The van der Waals surface area contributed by atoms with E-state index in [1.807, 2.05) is 30.0 Å². The minimum atomic E-state index is -0.451. The second-order valence-corrected chi connectivity index (χ2v) is 5.61. The lowest BCUT2D eigenvalue weighted by molar-refractivity contribution is -0.140. The van der Waals surface area contributed by atoms with Crippen LogP contribution in [-0.4, -0.2) is 30.1 Å². The molecule has 4 nitrogen and oxygen atoms in total. The van der Waals surface area contributed by atoms with E-state index in [-0.39, 0.29) is 5.91 Å². The van der Waals surface area contributed by atoms with Crippen molar-refractivity contribution >= 4 is 5.91 Å². The topological polar surface area (TPSA) is 38.8 Å². The Balaban J connectivity index is 1.96. The van der Waals surface area contributed by atoms with Crippen LogP contribution in [0.4, 0.5) is 0 Å². The Labute approximate surface area is 119 Å². The van der Waals surface area contributed by atoms with Crippen molar-refractivity contribution in [3.8, 4) is 11.5 Å². The van der Waals surface area contributed by atoms with E-state index in [0.717, 1.165) is 24.2 Å². The molecular formula is C16H21NO3. The van der Waals surface area contributed by atoms with Crippen LogP contribution < -0.4 is 9.47 Å². The van der Waals surface area contributed by atoms with Crippen LogP contribution in [0.1, 0.15) is 38.2 Å². The fraction of sp³-hybridized carbons (Fsp3) is 0.562. The van der Waals surface area contributed by atoms with Gasteiger partial charge < -0.3 is 14.4 Å². The van der Waals surface area contributed by atoms with Gasteiger partial charge in [-0.2, -0.15) is 0 Å². The maximum absolute atomic E-state index is 12.6. The highest BCUT2D eigenvalue weighted by Crippen LogP contribution is 2.37. The minimum absolute atomic E-state index is 0.0927. The molecule has 0 radical (unpaired) electrons. The smallest absolute Gasteiger partial charge is 0.263 e. The van der Waals surface area contributed by atoms with Crippen LogP contribution in [0.3, 0.4) is 0 Å². The van der Waals surface area contributed by atoms with Gasteiger partial charge in [-0.05, 0) is 25.8 Å². The van der Waals surface area contributed by atoms with E-state index in [4.69, 9.17) is 9.47 Å². The zero-order valence-corrected chi connectivity index (χ0v) is 12.1. The third-order valence-corrected chi connectivity index (χ3v) is 4.31. The van der Waals surface area contributed by atoms with Crippen molar-refractivity contribution in [3.05, 3.63) is 23.8 Å². The minimum Gasteiger partial charge on any atom is -0.493 e. The van der Waals surface area contributed by atoms with Crippen LogP contribution in [0.5, 0.6) is 11.5 Å². The largest absolute Gasteiger partial charge is 0.493 e. The Kier molecular flexibility index (Phi) is 3.55. The molecule has 0 unspecified atom stereocenters. The molecule has 3 rings (SSSR count). The average Bonchev–Trinajstić information content (AvgIpc) is 2.95. The summed E-state index contributed by atoms with van der Waals surface area (Å²) in [5.74, 6) is 1.52. The summed E-state index contributed by atoms with van der Waals surface area (Å²) in [4.78, 5) is 14.6. The van der Waals surface area contributed by atoms with E-state index in [9.17, 15) is 4.79 Å². The maximum Gasteiger partial charge on any atom is 0.263 e. The van der Waals surface area contributed by atoms with E-state index < -0.39 is 6.10 Å². The van der Waals surface area contributed by atoms with Crippen LogP contribution in [-0.2, 0) is 11.3 Å². The molecule has 0 bridgehead atoms. The predicted molar refractivity (Wildman–Crippen MR) is 75.9 cm³/mol. The highest BCUT2D eigenvalue weighted by atomic mass is 16.5. The van der Waals surface area contributed by atoms with Gasteiger partial charge in [0.05, 0.1) is 7.11 Å². The Hall–Kier alpha value is -1.71. The molecule has 2 aliphatic rings. The molecule has 0 N–H and O–H groups in total. The van der Waals surface area contributed by atoms with Gasteiger partial charge in [0.1, 0.15) is 0 Å². The third-order valence-electron chi connectivity index (χ3n) is 4.31. The Bertz CT molecular complexity index is 508. The zero-order valence-electron chi connectivity index (χ0n) is 12.1. The average molecular weight is 275 g/mol. The lowest BCUT2D eigenvalue weighted by atomic mass is 10.1. The van der Waals surface area contributed by atoms with Crippen LogP contribution in [0.2, 0.25) is 0 Å². The predicted octanol–water partition coefficient (Wildman–Crippen LogP) is 2.75. The van der Waals surface area contributed by atoms with Crippen LogP contribution in [0, 0.1) is 0 Å². The number of para-hydroxylation sites is 1. The Morgan fingerprint density at radius 2 is 2.05 bits per heavy atom. The lowest BCUT2D eigenvalue weighted by Gasteiger charge is -2.28. The SMILES string of the molecule is COc1cccc2c1O[C@H](C)C(=O)N(C1CCCC1)C2. The molecule has 1 heterocycles. The molecule has 0 aromatic heterocycles. The van der Waals surface area contributed by atoms with Gasteiger partial charge >= 0.3 is 0 Å². The first-order valence-corrected chi connectivity index (χ1v) is 7.33. The van der Waals surface area contributed by atoms with Gasteiger partial charge in [0, 0.05) is 18.2 Å². The highest BCUT2D eigenvalue weighted by molar-refractivity contribution is 5.82. The first-order chi connectivity index (χ1) is 9.70. The number of benzene rings is 1. The molecule has 4 heteroatoms. The zero-order chi connectivity index (χ0) is 14.1. The summed E-state index contributed by atoms with van der Waals surface area (Å²) in [6, 6.07) is 6.21. The van der Waals surface area contributed by atoms with Crippen LogP contribution >= 0.6 is 0 Å². The van der Waals surface area contributed by atoms with Gasteiger partial charge in [0.2, 0.25) is 0 Å². The molecule has 1 amide bonds. The standard InChI is InChI=1S/C16H21NO3/c1-11-16(18)17(13-7-3-4-8-13)10-12-6-5-9-14(19-2)15(12)20-11/h5-6,9,11,13H,3-4,7-8,10H2,1-2H3/t11-/m1/s1. The number of amides is 1. The van der Waals surface area contributed by atoms with E-state index in [2.05, 4.69) is 0 Å². The second kappa shape index (κ2) is 5.35. The summed E-state index contributed by atoms with van der Waals surface area (Å²) in [6.45, 7) is 2.45.